The second-order valence-electron chi connectivity index (χ2n) is 11.7. The zero-order valence-corrected chi connectivity index (χ0v) is 28.5. The third kappa shape index (κ3) is 6.81. The molecule has 1 saturated heterocycles. The summed E-state index contributed by atoms with van der Waals surface area (Å²) in [7, 11) is 6.57. The average Bonchev–Trinajstić information content (AvgIpc) is 3.34. The smallest absolute Gasteiger partial charge is 0.277 e. The van der Waals surface area contributed by atoms with Gasteiger partial charge in [-0.2, -0.15) is 10.2 Å². The second-order valence-corrected chi connectivity index (χ2v) is 12.2. The average molecular weight is 685 g/mol. The Balaban J connectivity index is 1.72. The maximum absolute atomic E-state index is 15.2. The first-order valence-electron chi connectivity index (χ1n) is 15.1. The van der Waals surface area contributed by atoms with Crippen molar-refractivity contribution in [1.82, 2.24) is 14.5 Å². The van der Waals surface area contributed by atoms with Crippen molar-refractivity contribution in [3.05, 3.63) is 110 Å². The van der Waals surface area contributed by atoms with Crippen LogP contribution in [0.5, 0.6) is 11.6 Å². The number of hydrogen-bond acceptors (Lipinski definition) is 10. The van der Waals surface area contributed by atoms with Crippen molar-refractivity contribution >= 4 is 40.5 Å². The first-order chi connectivity index (χ1) is 23.4. The first-order valence-corrected chi connectivity index (χ1v) is 15.5. The van der Waals surface area contributed by atoms with Gasteiger partial charge in [0.2, 0.25) is 11.8 Å². The van der Waals surface area contributed by atoms with E-state index in [9.17, 15) is 14.9 Å². The highest BCUT2D eigenvalue weighted by atomic mass is 35.5. The summed E-state index contributed by atoms with van der Waals surface area (Å²) in [5, 5.41) is 22.0. The minimum atomic E-state index is -1.17. The molecule has 2 N–H and O–H groups in total. The van der Waals surface area contributed by atoms with Crippen molar-refractivity contribution in [2.75, 3.05) is 43.4 Å². The van der Waals surface area contributed by atoms with E-state index >= 15 is 4.39 Å². The van der Waals surface area contributed by atoms with Crippen molar-refractivity contribution in [2.24, 2.45) is 5.92 Å². The van der Waals surface area contributed by atoms with Crippen molar-refractivity contribution in [2.45, 2.75) is 26.4 Å². The number of methoxy groups -OCH3 is 2. The number of allylic oxidation sites excluding steroid dienone is 1. The van der Waals surface area contributed by atoms with Crippen LogP contribution in [0, 0.1) is 28.5 Å². The van der Waals surface area contributed by atoms with Gasteiger partial charge in [-0.25, -0.2) is 9.37 Å². The normalized spacial score (nSPS) is 15.3. The molecule has 0 aliphatic carbocycles. The van der Waals surface area contributed by atoms with Gasteiger partial charge in [0.05, 0.1) is 43.6 Å². The lowest BCUT2D eigenvalue weighted by Crippen LogP contribution is -2.36. The van der Waals surface area contributed by atoms with Crippen LogP contribution in [0.15, 0.2) is 77.0 Å². The minimum absolute atomic E-state index is 0.111. The fourth-order valence-corrected chi connectivity index (χ4v) is 5.76. The van der Waals surface area contributed by atoms with E-state index in [1.165, 1.54) is 42.3 Å². The highest BCUT2D eigenvalue weighted by Crippen LogP contribution is 2.43. The van der Waals surface area contributed by atoms with Crippen LogP contribution in [0.1, 0.15) is 36.6 Å². The molecule has 12 nitrogen and oxygen atoms in total. The number of anilines is 3. The van der Waals surface area contributed by atoms with Gasteiger partial charge < -0.3 is 24.3 Å². The van der Waals surface area contributed by atoms with Crippen LogP contribution < -0.4 is 30.1 Å². The van der Waals surface area contributed by atoms with Crippen LogP contribution in [0.2, 0.25) is 5.02 Å². The number of benzene rings is 2. The number of carbonyl (C=O) groups excluding carboxylic acids is 1. The third-order valence-corrected chi connectivity index (χ3v) is 8.15. The number of nitrogens with one attached hydrogen (secondary N) is 2. The zero-order chi connectivity index (χ0) is 35.6. The highest BCUT2D eigenvalue weighted by molar-refractivity contribution is 6.52. The standard InChI is InChI=1S/C35H34ClFN8O4/c1-19(2)30(41-26-16-40-35(43(3)4)42-32(26)49-6)28-29(39)34(47)45(31(28)21-9-10-22(15-38)25(37)13-21)27-14-23(36)18-44(33(27)46)17-20-7-11-24(48-5)12-8-20/h7-14,16,18-19,31,39,41H,17H2,1-6H3/b30-28+,39-29?. The van der Waals surface area contributed by atoms with Gasteiger partial charge in [-0.3, -0.25) is 19.9 Å². The molecule has 1 unspecified atom stereocenters. The maximum Gasteiger partial charge on any atom is 0.277 e. The number of nitrogens with zero attached hydrogens (tertiary/aromatic N) is 6. The molecule has 3 heterocycles. The Kier molecular flexibility index (Phi) is 10.0. The predicted octanol–water partition coefficient (Wildman–Crippen LogP) is 5.56. The second kappa shape index (κ2) is 14.2. The number of amides is 1. The fraction of sp³-hybridized carbons (Fsp3) is 0.257. The number of nitriles is 1. The molecule has 0 saturated carbocycles. The lowest BCUT2D eigenvalue weighted by Gasteiger charge is -2.28. The van der Waals surface area contributed by atoms with Gasteiger partial charge in [0.25, 0.3) is 11.5 Å². The van der Waals surface area contributed by atoms with Crippen molar-refractivity contribution in [3.63, 3.8) is 0 Å². The molecule has 252 valence electrons. The summed E-state index contributed by atoms with van der Waals surface area (Å²) in [4.78, 5) is 40.0. The Morgan fingerprint density at radius 2 is 1.86 bits per heavy atom. The van der Waals surface area contributed by atoms with Gasteiger partial charge in [0.15, 0.2) is 0 Å². The number of carbonyl (C=O) groups is 1. The Labute approximate surface area is 287 Å². The molecule has 0 spiro atoms. The molecule has 1 fully saturated rings. The number of rotatable bonds is 10. The summed E-state index contributed by atoms with van der Waals surface area (Å²) in [5.41, 5.74) is 0.665. The predicted molar refractivity (Wildman–Crippen MR) is 185 cm³/mol. The molecule has 0 radical (unpaired) electrons. The molecule has 1 aliphatic heterocycles. The lowest BCUT2D eigenvalue weighted by atomic mass is 9.92. The van der Waals surface area contributed by atoms with Gasteiger partial charge in [-0.1, -0.05) is 43.6 Å². The van der Waals surface area contributed by atoms with E-state index in [1.807, 2.05) is 13.8 Å². The molecule has 4 aromatic rings. The summed E-state index contributed by atoms with van der Waals surface area (Å²) in [6.07, 6.45) is 2.98. The number of pyridine rings is 1. The van der Waals surface area contributed by atoms with E-state index < -0.39 is 29.0 Å². The number of halogens is 2. The molecular formula is C35H34ClFN8O4. The van der Waals surface area contributed by atoms with E-state index in [2.05, 4.69) is 15.3 Å². The molecule has 5 rings (SSSR count). The summed E-state index contributed by atoms with van der Waals surface area (Å²) >= 11 is 6.56. The highest BCUT2D eigenvalue weighted by Gasteiger charge is 2.46. The Morgan fingerprint density at radius 1 is 1.14 bits per heavy atom. The van der Waals surface area contributed by atoms with Crippen LogP contribution in [0.3, 0.4) is 0 Å². The zero-order valence-electron chi connectivity index (χ0n) is 27.7. The fourth-order valence-electron chi connectivity index (χ4n) is 5.54. The Hall–Kier alpha value is -5.74. The molecular weight excluding hydrogens is 651 g/mol. The molecule has 1 atom stereocenters. The summed E-state index contributed by atoms with van der Waals surface area (Å²) in [6, 6.07) is 13.1. The van der Waals surface area contributed by atoms with Crippen LogP contribution >= 0.6 is 11.6 Å². The van der Waals surface area contributed by atoms with Crippen molar-refractivity contribution < 1.29 is 18.7 Å². The van der Waals surface area contributed by atoms with Crippen LogP contribution in [0.4, 0.5) is 21.7 Å². The van der Waals surface area contributed by atoms with E-state index in [4.69, 9.17) is 26.5 Å². The minimum Gasteiger partial charge on any atom is -0.497 e. The van der Waals surface area contributed by atoms with Gasteiger partial charge in [-0.05, 0) is 47.4 Å². The molecule has 49 heavy (non-hydrogen) atoms. The summed E-state index contributed by atoms with van der Waals surface area (Å²) in [6.45, 7) is 3.83. The van der Waals surface area contributed by atoms with Gasteiger partial charge in [0.1, 0.15) is 34.7 Å². The maximum atomic E-state index is 15.2. The summed E-state index contributed by atoms with van der Waals surface area (Å²) < 4.78 is 27.4. The topological polar surface area (TPSA) is 149 Å². The number of ether oxygens (including phenoxy) is 2. The molecule has 1 amide bonds. The van der Waals surface area contributed by atoms with Crippen LogP contribution in [0.25, 0.3) is 0 Å². The summed E-state index contributed by atoms with van der Waals surface area (Å²) in [5.74, 6) is -0.699. The molecule has 14 heteroatoms. The van der Waals surface area contributed by atoms with Gasteiger partial charge >= 0.3 is 0 Å². The molecule has 2 aromatic carbocycles. The van der Waals surface area contributed by atoms with Crippen LogP contribution in [-0.2, 0) is 11.3 Å². The van der Waals surface area contributed by atoms with Gasteiger partial charge in [0, 0.05) is 31.6 Å². The SMILES string of the molecule is COc1ccc(Cn2cc(Cl)cc(N3C(=O)C(=N)/C(=C(\Nc4cnc(N(C)C)nc4OC)C(C)C)C3c3ccc(C#N)c(F)c3)c2=O)cc1. The largest absolute Gasteiger partial charge is 0.497 e. The molecule has 0 bridgehead atoms. The van der Waals surface area contributed by atoms with E-state index in [0.717, 1.165) is 16.5 Å². The third-order valence-electron chi connectivity index (χ3n) is 7.94. The Morgan fingerprint density at radius 3 is 2.45 bits per heavy atom. The monoisotopic (exact) mass is 684 g/mol. The van der Waals surface area contributed by atoms with E-state index in [-0.39, 0.29) is 45.8 Å². The van der Waals surface area contributed by atoms with E-state index in [1.54, 1.807) is 56.4 Å². The number of hydrogen-bond donors (Lipinski definition) is 2. The van der Waals surface area contributed by atoms with Crippen molar-refractivity contribution in [3.8, 4) is 17.7 Å². The van der Waals surface area contributed by atoms with Crippen LogP contribution in [-0.4, -0.2) is 54.5 Å². The first kappa shape index (κ1) is 34.6. The molecule has 1 aliphatic rings. The van der Waals surface area contributed by atoms with Crippen molar-refractivity contribution in [1.29, 1.82) is 10.7 Å². The molecule has 2 aromatic heterocycles. The van der Waals surface area contributed by atoms with Gasteiger partial charge in [-0.15, -0.1) is 0 Å². The lowest BCUT2D eigenvalue weighted by molar-refractivity contribution is -0.112. The number of aromatic nitrogens is 3. The Bertz CT molecular complexity index is 2070. The quantitative estimate of drug-likeness (QED) is 0.219. The van der Waals surface area contributed by atoms with E-state index in [0.29, 0.717) is 23.1 Å².